The molecule has 1 saturated heterocycles. The Balaban J connectivity index is 1.44. The fraction of sp³-hybridized carbons (Fsp3) is 0.458. The number of rotatable bonds is 3. The van der Waals surface area contributed by atoms with E-state index in [2.05, 4.69) is 15.6 Å². The van der Waals surface area contributed by atoms with Gasteiger partial charge in [-0.25, -0.2) is 4.98 Å². The number of methoxy groups -OCH3 is 1. The van der Waals surface area contributed by atoms with E-state index >= 15 is 0 Å². The number of anilines is 2. The molecule has 1 spiro atoms. The van der Waals surface area contributed by atoms with Gasteiger partial charge in [-0.2, -0.15) is 0 Å². The summed E-state index contributed by atoms with van der Waals surface area (Å²) in [6.07, 6.45) is 7.32. The molecule has 1 aliphatic carbocycles. The molecule has 162 valence electrons. The molecule has 7 heteroatoms. The highest BCUT2D eigenvalue weighted by Gasteiger charge is 2.47. The number of hydrogen-bond donors (Lipinski definition) is 2. The van der Waals surface area contributed by atoms with Crippen molar-refractivity contribution in [1.29, 1.82) is 0 Å². The topological polar surface area (TPSA) is 78.8 Å². The van der Waals surface area contributed by atoms with E-state index in [0.29, 0.717) is 19.1 Å². The Labute approximate surface area is 182 Å². The number of hydrogen-bond acceptors (Lipinski definition) is 5. The maximum atomic E-state index is 13.4. The molecule has 0 unspecified atom stereocenters. The van der Waals surface area contributed by atoms with Crippen LogP contribution in [0.1, 0.15) is 48.0 Å². The molecule has 1 amide bonds. The molecule has 0 radical (unpaired) electrons. The third-order valence-electron chi connectivity index (χ3n) is 6.73. The fourth-order valence-electron chi connectivity index (χ4n) is 4.98. The first-order valence-corrected chi connectivity index (χ1v) is 11.1. The van der Waals surface area contributed by atoms with Crippen molar-refractivity contribution >= 4 is 23.2 Å². The van der Waals surface area contributed by atoms with Crippen molar-refractivity contribution in [3.63, 3.8) is 0 Å². The van der Waals surface area contributed by atoms with Crippen molar-refractivity contribution in [3.8, 4) is 5.75 Å². The summed E-state index contributed by atoms with van der Waals surface area (Å²) in [6, 6.07) is 9.93. The fourth-order valence-corrected chi connectivity index (χ4v) is 4.98. The van der Waals surface area contributed by atoms with Gasteiger partial charge in [-0.1, -0.05) is 12.8 Å². The molecular formula is C24H29N5O2. The highest BCUT2D eigenvalue weighted by atomic mass is 16.5. The number of amidine groups is 1. The molecule has 1 aromatic carbocycles. The summed E-state index contributed by atoms with van der Waals surface area (Å²) in [5, 5.41) is 7.20. The van der Waals surface area contributed by atoms with Crippen LogP contribution in [0.4, 0.5) is 11.5 Å². The van der Waals surface area contributed by atoms with Gasteiger partial charge < -0.3 is 20.3 Å². The van der Waals surface area contributed by atoms with Gasteiger partial charge in [0.25, 0.3) is 5.91 Å². The smallest absolute Gasteiger partial charge is 0.254 e. The van der Waals surface area contributed by atoms with Crippen molar-refractivity contribution in [1.82, 2.24) is 9.88 Å². The number of aryl methyl sites for hydroxylation is 1. The molecule has 7 nitrogen and oxygen atoms in total. The molecule has 0 bridgehead atoms. The van der Waals surface area contributed by atoms with Crippen molar-refractivity contribution in [3.05, 3.63) is 47.7 Å². The van der Waals surface area contributed by atoms with Gasteiger partial charge in [-0.3, -0.25) is 9.79 Å². The Morgan fingerprint density at radius 3 is 2.90 bits per heavy atom. The van der Waals surface area contributed by atoms with Crippen LogP contribution in [0.3, 0.4) is 0 Å². The number of likely N-dealkylation sites (tertiary alicyclic amines) is 1. The molecule has 2 aromatic rings. The maximum Gasteiger partial charge on any atom is 0.254 e. The van der Waals surface area contributed by atoms with Crippen LogP contribution in [0.2, 0.25) is 0 Å². The molecule has 5 rings (SSSR count). The van der Waals surface area contributed by atoms with Crippen LogP contribution in [0, 0.1) is 6.92 Å². The summed E-state index contributed by atoms with van der Waals surface area (Å²) in [5.74, 6) is 2.55. The van der Waals surface area contributed by atoms with Gasteiger partial charge >= 0.3 is 0 Å². The van der Waals surface area contributed by atoms with Crippen LogP contribution >= 0.6 is 0 Å². The van der Waals surface area contributed by atoms with E-state index in [9.17, 15) is 4.79 Å². The Hall–Kier alpha value is -3.09. The minimum absolute atomic E-state index is 0.0519. The van der Waals surface area contributed by atoms with Gasteiger partial charge in [0.05, 0.1) is 25.4 Å². The number of ether oxygens (including phenoxy) is 1. The van der Waals surface area contributed by atoms with Crippen molar-refractivity contribution < 1.29 is 9.53 Å². The third kappa shape index (κ3) is 3.62. The summed E-state index contributed by atoms with van der Waals surface area (Å²) in [4.78, 5) is 24.9. The summed E-state index contributed by atoms with van der Waals surface area (Å²) < 4.78 is 5.29. The standard InChI is InChI=1S/C24H29N5O2/c1-16-14-18(31-2)9-10-19(16)22(30)29-13-11-24(15-29)23(26-17-6-3-4-7-17)27-21-20(28-24)8-5-12-25-21/h5,8-10,12,14,17,28H,3-4,6-7,11,13,15H2,1-2H3,(H,25,26,27)/t24-/m0/s1. The van der Waals surface area contributed by atoms with E-state index in [1.807, 2.05) is 42.2 Å². The number of aromatic nitrogens is 1. The van der Waals surface area contributed by atoms with Crippen molar-refractivity contribution in [2.45, 2.75) is 50.6 Å². The lowest BCUT2D eigenvalue weighted by molar-refractivity contribution is 0.0788. The first-order chi connectivity index (χ1) is 15.1. The second-order valence-electron chi connectivity index (χ2n) is 8.81. The molecule has 1 aromatic heterocycles. The minimum Gasteiger partial charge on any atom is -0.497 e. The number of aliphatic imine (C=N–C) groups is 1. The molecule has 2 aliphatic heterocycles. The first kappa shape index (κ1) is 19.8. The molecule has 1 saturated carbocycles. The third-order valence-corrected chi connectivity index (χ3v) is 6.73. The van der Waals surface area contributed by atoms with E-state index < -0.39 is 5.54 Å². The molecule has 3 aliphatic rings. The number of nitrogens with one attached hydrogen (secondary N) is 2. The highest BCUT2D eigenvalue weighted by Crippen LogP contribution is 2.37. The lowest BCUT2D eigenvalue weighted by Gasteiger charge is -2.38. The van der Waals surface area contributed by atoms with E-state index in [1.54, 1.807) is 13.3 Å². The maximum absolute atomic E-state index is 13.4. The van der Waals surface area contributed by atoms with E-state index in [1.165, 1.54) is 12.8 Å². The van der Waals surface area contributed by atoms with Gasteiger partial charge in [0.2, 0.25) is 0 Å². The molecule has 2 N–H and O–H groups in total. The second kappa shape index (κ2) is 7.87. The number of carbonyl (C=O) groups is 1. The van der Waals surface area contributed by atoms with E-state index in [4.69, 9.17) is 9.73 Å². The minimum atomic E-state index is -0.408. The summed E-state index contributed by atoms with van der Waals surface area (Å²) in [6.45, 7) is 3.21. The zero-order valence-corrected chi connectivity index (χ0v) is 18.1. The average molecular weight is 420 g/mol. The predicted molar refractivity (Wildman–Crippen MR) is 122 cm³/mol. The van der Waals surface area contributed by atoms with Crippen LogP contribution in [-0.2, 0) is 0 Å². The highest BCUT2D eigenvalue weighted by molar-refractivity contribution is 6.10. The Bertz CT molecular complexity index is 1030. The number of pyridine rings is 1. The normalized spacial score (nSPS) is 24.2. The van der Waals surface area contributed by atoms with Crippen LogP contribution in [-0.4, -0.2) is 53.4 Å². The Morgan fingerprint density at radius 2 is 2.13 bits per heavy atom. The molecule has 1 atom stereocenters. The SMILES string of the molecule is COc1ccc(C(=O)N2CC[C@@]3(C2)Nc2cccnc2NC3=NC2CCCC2)c(C)c1. The van der Waals surface area contributed by atoms with E-state index in [-0.39, 0.29) is 5.91 Å². The quantitative estimate of drug-likeness (QED) is 0.790. The molecular weight excluding hydrogens is 390 g/mol. The number of amides is 1. The van der Waals surface area contributed by atoms with Gasteiger partial charge in [-0.15, -0.1) is 0 Å². The average Bonchev–Trinajstić information content (AvgIpc) is 3.44. The lowest BCUT2D eigenvalue weighted by atomic mass is 9.93. The largest absolute Gasteiger partial charge is 0.497 e. The summed E-state index contributed by atoms with van der Waals surface area (Å²) in [7, 11) is 1.64. The van der Waals surface area contributed by atoms with Gasteiger partial charge in [0, 0.05) is 18.3 Å². The number of fused-ring (bicyclic) bond motifs is 1. The number of benzene rings is 1. The summed E-state index contributed by atoms with van der Waals surface area (Å²) >= 11 is 0. The first-order valence-electron chi connectivity index (χ1n) is 11.1. The van der Waals surface area contributed by atoms with Crippen LogP contribution in [0.25, 0.3) is 0 Å². The van der Waals surface area contributed by atoms with Crippen LogP contribution in [0.5, 0.6) is 5.75 Å². The number of nitrogens with zero attached hydrogens (tertiary/aromatic N) is 3. The van der Waals surface area contributed by atoms with Gasteiger partial charge in [0.15, 0.2) is 5.82 Å². The molecule has 2 fully saturated rings. The Kier molecular flexibility index (Phi) is 5.04. The Morgan fingerprint density at radius 1 is 1.29 bits per heavy atom. The number of carbonyl (C=O) groups excluding carboxylic acids is 1. The predicted octanol–water partition coefficient (Wildman–Crippen LogP) is 3.86. The van der Waals surface area contributed by atoms with Crippen LogP contribution < -0.4 is 15.4 Å². The van der Waals surface area contributed by atoms with Crippen molar-refractivity contribution in [2.75, 3.05) is 30.8 Å². The zero-order chi connectivity index (χ0) is 21.4. The van der Waals surface area contributed by atoms with Gasteiger partial charge in [-0.05, 0) is 62.1 Å². The summed E-state index contributed by atoms with van der Waals surface area (Å²) in [5.41, 5.74) is 2.20. The zero-order valence-electron chi connectivity index (χ0n) is 18.1. The van der Waals surface area contributed by atoms with Crippen molar-refractivity contribution in [2.24, 2.45) is 4.99 Å². The molecule has 31 heavy (non-hydrogen) atoms. The van der Waals surface area contributed by atoms with Gasteiger partial charge in [0.1, 0.15) is 17.1 Å². The second-order valence-corrected chi connectivity index (χ2v) is 8.81. The molecule has 3 heterocycles. The lowest BCUT2D eigenvalue weighted by Crippen LogP contribution is -2.55. The van der Waals surface area contributed by atoms with Crippen LogP contribution in [0.15, 0.2) is 41.5 Å². The monoisotopic (exact) mass is 419 g/mol. The van der Waals surface area contributed by atoms with E-state index in [0.717, 1.165) is 53.5 Å².